The summed E-state index contributed by atoms with van der Waals surface area (Å²) < 4.78 is 1.90. The van der Waals surface area contributed by atoms with Crippen LogP contribution in [0.1, 0.15) is 24.0 Å². The highest BCUT2D eigenvalue weighted by atomic mass is 16.4. The molecule has 0 radical (unpaired) electrons. The summed E-state index contributed by atoms with van der Waals surface area (Å²) in [4.78, 5) is 19.4. The van der Waals surface area contributed by atoms with E-state index in [2.05, 4.69) is 15.3 Å². The Morgan fingerprint density at radius 3 is 2.89 bits per heavy atom. The summed E-state index contributed by atoms with van der Waals surface area (Å²) in [6.45, 7) is 5.92. The number of imidazole rings is 1. The van der Waals surface area contributed by atoms with Gasteiger partial charge in [0.15, 0.2) is 0 Å². The van der Waals surface area contributed by atoms with Crippen molar-refractivity contribution >= 4 is 11.7 Å². The molecule has 2 N–H and O–H groups in total. The number of aromatic nitrogens is 3. The van der Waals surface area contributed by atoms with Gasteiger partial charge in [-0.3, -0.25) is 14.5 Å². The van der Waals surface area contributed by atoms with E-state index < -0.39 is 12.0 Å². The molecule has 0 bridgehead atoms. The fraction of sp³-hybridized carbons (Fsp3) is 0.417. The highest BCUT2D eigenvalue weighted by molar-refractivity contribution is 5.72. The number of nitrogens with one attached hydrogen (secondary N) is 1. The van der Waals surface area contributed by atoms with Crippen molar-refractivity contribution in [2.45, 2.75) is 33.4 Å². The Morgan fingerprint density at radius 2 is 2.22 bits per heavy atom. The van der Waals surface area contributed by atoms with Crippen molar-refractivity contribution in [3.8, 4) is 0 Å². The Balaban J connectivity index is 2.20. The number of carboxylic acid groups (broad SMARTS) is 1. The molecule has 0 aromatic carbocycles. The standard InChI is InChI=1S/C12H16N4O2/c1-7-4-8(2)16-6-10(15-12(16)14-7)5-13-9(3)11(17)18/h4,6,9,13H,5H2,1-3H3,(H,17,18)/t9-/m1/s1. The fourth-order valence-corrected chi connectivity index (χ4v) is 1.75. The van der Waals surface area contributed by atoms with E-state index in [0.29, 0.717) is 12.3 Å². The lowest BCUT2D eigenvalue weighted by atomic mass is 10.3. The molecular formula is C12H16N4O2. The van der Waals surface area contributed by atoms with E-state index in [4.69, 9.17) is 5.11 Å². The topological polar surface area (TPSA) is 79.5 Å². The molecule has 0 aliphatic heterocycles. The molecule has 0 amide bonds. The predicted octanol–water partition coefficient (Wildman–Crippen LogP) is 0.909. The maximum Gasteiger partial charge on any atom is 0.320 e. The van der Waals surface area contributed by atoms with E-state index in [1.165, 1.54) is 0 Å². The van der Waals surface area contributed by atoms with Crippen LogP contribution in [0, 0.1) is 13.8 Å². The van der Waals surface area contributed by atoms with Gasteiger partial charge < -0.3 is 5.11 Å². The molecule has 0 unspecified atom stereocenters. The van der Waals surface area contributed by atoms with E-state index in [1.807, 2.05) is 30.5 Å². The van der Waals surface area contributed by atoms with Crippen LogP contribution in [0.2, 0.25) is 0 Å². The van der Waals surface area contributed by atoms with Gasteiger partial charge in [-0.1, -0.05) is 0 Å². The van der Waals surface area contributed by atoms with E-state index in [-0.39, 0.29) is 0 Å². The molecule has 1 atom stereocenters. The zero-order chi connectivity index (χ0) is 13.3. The normalized spacial score (nSPS) is 12.8. The molecular weight excluding hydrogens is 232 g/mol. The van der Waals surface area contributed by atoms with Crippen LogP contribution in [0.5, 0.6) is 0 Å². The zero-order valence-corrected chi connectivity index (χ0v) is 10.6. The second kappa shape index (κ2) is 4.73. The van der Waals surface area contributed by atoms with Crippen LogP contribution in [0.3, 0.4) is 0 Å². The first-order valence-corrected chi connectivity index (χ1v) is 5.76. The van der Waals surface area contributed by atoms with Gasteiger partial charge in [-0.25, -0.2) is 9.97 Å². The summed E-state index contributed by atoms with van der Waals surface area (Å²) in [6.07, 6.45) is 1.87. The Kier molecular flexibility index (Phi) is 3.29. The monoisotopic (exact) mass is 248 g/mol. The Labute approximate surface area is 105 Å². The molecule has 0 spiro atoms. The number of aliphatic carboxylic acids is 1. The molecule has 6 heteroatoms. The number of rotatable bonds is 4. The number of carboxylic acids is 1. The van der Waals surface area contributed by atoms with E-state index in [0.717, 1.165) is 17.1 Å². The Morgan fingerprint density at radius 1 is 1.50 bits per heavy atom. The van der Waals surface area contributed by atoms with Gasteiger partial charge in [0, 0.05) is 24.1 Å². The Hall–Kier alpha value is -1.95. The molecule has 18 heavy (non-hydrogen) atoms. The minimum Gasteiger partial charge on any atom is -0.480 e. The van der Waals surface area contributed by atoms with E-state index >= 15 is 0 Å². The van der Waals surface area contributed by atoms with Crippen molar-refractivity contribution in [1.29, 1.82) is 0 Å². The highest BCUT2D eigenvalue weighted by Gasteiger charge is 2.11. The second-order valence-corrected chi connectivity index (χ2v) is 4.38. The average molecular weight is 248 g/mol. The van der Waals surface area contributed by atoms with E-state index in [1.54, 1.807) is 6.92 Å². The lowest BCUT2D eigenvalue weighted by Gasteiger charge is -2.06. The maximum atomic E-state index is 10.7. The number of hydrogen-bond acceptors (Lipinski definition) is 4. The summed E-state index contributed by atoms with van der Waals surface area (Å²) >= 11 is 0. The smallest absolute Gasteiger partial charge is 0.320 e. The molecule has 0 aliphatic rings. The van der Waals surface area contributed by atoms with Crippen LogP contribution in [-0.2, 0) is 11.3 Å². The minimum absolute atomic E-state index is 0.412. The third-order valence-corrected chi connectivity index (χ3v) is 2.77. The quantitative estimate of drug-likeness (QED) is 0.840. The number of fused-ring (bicyclic) bond motifs is 1. The molecule has 0 fully saturated rings. The summed E-state index contributed by atoms with van der Waals surface area (Å²) in [5.41, 5.74) is 2.76. The molecule has 96 valence electrons. The second-order valence-electron chi connectivity index (χ2n) is 4.38. The summed E-state index contributed by atoms with van der Waals surface area (Å²) in [5, 5.41) is 11.7. The van der Waals surface area contributed by atoms with Gasteiger partial charge in [-0.2, -0.15) is 0 Å². The van der Waals surface area contributed by atoms with Crippen LogP contribution in [0.4, 0.5) is 0 Å². The molecule has 2 heterocycles. The number of carbonyl (C=O) groups is 1. The van der Waals surface area contributed by atoms with Crippen LogP contribution in [0.15, 0.2) is 12.3 Å². The molecule has 0 saturated heterocycles. The highest BCUT2D eigenvalue weighted by Crippen LogP contribution is 2.08. The predicted molar refractivity (Wildman–Crippen MR) is 66.4 cm³/mol. The number of hydrogen-bond donors (Lipinski definition) is 2. The third kappa shape index (κ3) is 2.48. The van der Waals surface area contributed by atoms with Crippen molar-refractivity contribution in [2.24, 2.45) is 0 Å². The average Bonchev–Trinajstić information content (AvgIpc) is 2.68. The summed E-state index contributed by atoms with van der Waals surface area (Å²) in [6, 6.07) is 1.39. The van der Waals surface area contributed by atoms with Gasteiger partial charge in [0.1, 0.15) is 6.04 Å². The van der Waals surface area contributed by atoms with Gasteiger partial charge in [-0.05, 0) is 26.8 Å². The maximum absolute atomic E-state index is 10.7. The molecule has 2 aromatic heterocycles. The third-order valence-electron chi connectivity index (χ3n) is 2.77. The first kappa shape index (κ1) is 12.5. The number of aryl methyl sites for hydroxylation is 2. The van der Waals surface area contributed by atoms with Crippen LogP contribution >= 0.6 is 0 Å². The van der Waals surface area contributed by atoms with Crippen LogP contribution in [-0.4, -0.2) is 31.5 Å². The lowest BCUT2D eigenvalue weighted by molar-refractivity contribution is -0.139. The molecule has 6 nitrogen and oxygen atoms in total. The molecule has 0 saturated carbocycles. The molecule has 2 aromatic rings. The first-order valence-electron chi connectivity index (χ1n) is 5.76. The lowest BCUT2D eigenvalue weighted by Crippen LogP contribution is -2.33. The van der Waals surface area contributed by atoms with E-state index in [9.17, 15) is 4.79 Å². The zero-order valence-electron chi connectivity index (χ0n) is 10.6. The summed E-state index contributed by atoms with van der Waals surface area (Å²) in [7, 11) is 0. The first-order chi connectivity index (χ1) is 8.47. The van der Waals surface area contributed by atoms with Crippen molar-refractivity contribution in [2.75, 3.05) is 0 Å². The van der Waals surface area contributed by atoms with Gasteiger partial charge in [0.25, 0.3) is 0 Å². The van der Waals surface area contributed by atoms with Crippen molar-refractivity contribution < 1.29 is 9.90 Å². The number of nitrogens with zero attached hydrogens (tertiary/aromatic N) is 3. The largest absolute Gasteiger partial charge is 0.480 e. The minimum atomic E-state index is -0.871. The van der Waals surface area contributed by atoms with Crippen molar-refractivity contribution in [3.63, 3.8) is 0 Å². The van der Waals surface area contributed by atoms with Crippen molar-refractivity contribution in [3.05, 3.63) is 29.3 Å². The van der Waals surface area contributed by atoms with Gasteiger partial charge in [-0.15, -0.1) is 0 Å². The Bertz CT molecular complexity index is 591. The SMILES string of the molecule is Cc1cc(C)n2cc(CN[C@H](C)C(=O)O)nc2n1. The molecule has 0 aliphatic carbocycles. The van der Waals surface area contributed by atoms with Gasteiger partial charge in [0.2, 0.25) is 5.78 Å². The summed E-state index contributed by atoms with van der Waals surface area (Å²) in [5.74, 6) is -0.226. The van der Waals surface area contributed by atoms with Crippen molar-refractivity contribution in [1.82, 2.24) is 19.7 Å². The van der Waals surface area contributed by atoms with Gasteiger partial charge >= 0.3 is 5.97 Å². The van der Waals surface area contributed by atoms with Gasteiger partial charge in [0.05, 0.1) is 5.69 Å². The van der Waals surface area contributed by atoms with Crippen LogP contribution < -0.4 is 5.32 Å². The van der Waals surface area contributed by atoms with Crippen LogP contribution in [0.25, 0.3) is 5.78 Å². The molecule has 2 rings (SSSR count). The fourth-order valence-electron chi connectivity index (χ4n) is 1.75.